The van der Waals surface area contributed by atoms with Crippen LogP contribution in [0.1, 0.15) is 53.0 Å². The zero-order chi connectivity index (χ0) is 17.0. The molecule has 0 spiro atoms. The van der Waals surface area contributed by atoms with Gasteiger partial charge >= 0.3 is 0 Å². The quantitative estimate of drug-likeness (QED) is 0.719. The number of allylic oxidation sites excluding steroid dienone is 2. The lowest BCUT2D eigenvalue weighted by Gasteiger charge is -2.29. The maximum Gasteiger partial charge on any atom is 0.115 e. The minimum Gasteiger partial charge on any atom is -0.508 e. The van der Waals surface area contributed by atoms with Crippen molar-refractivity contribution in [2.75, 3.05) is 0 Å². The molecule has 2 rings (SSSR count). The molecule has 1 aliphatic rings. The second kappa shape index (κ2) is 7.15. The maximum atomic E-state index is 9.67. The summed E-state index contributed by atoms with van der Waals surface area (Å²) in [7, 11) is 0. The van der Waals surface area contributed by atoms with E-state index in [2.05, 4.69) is 27.4 Å². The third-order valence-electron chi connectivity index (χ3n) is 3.97. The Morgan fingerprint density at radius 2 is 1.95 bits per heavy atom. The van der Waals surface area contributed by atoms with Crippen molar-refractivity contribution in [2.24, 2.45) is 5.92 Å². The normalized spacial score (nSPS) is 24.4. The van der Waals surface area contributed by atoms with Crippen LogP contribution in [0.4, 0.5) is 0 Å². The van der Waals surface area contributed by atoms with Gasteiger partial charge in [-0.25, -0.2) is 0 Å². The molecule has 0 bridgehead atoms. The van der Waals surface area contributed by atoms with E-state index in [1.165, 1.54) is 5.57 Å². The second-order valence-corrected chi connectivity index (χ2v) is 7.54. The van der Waals surface area contributed by atoms with E-state index in [9.17, 15) is 10.2 Å². The first-order valence-corrected chi connectivity index (χ1v) is 7.86. The summed E-state index contributed by atoms with van der Waals surface area (Å²) >= 11 is 0. The molecule has 2 N–H and O–H groups in total. The van der Waals surface area contributed by atoms with Gasteiger partial charge in [0.15, 0.2) is 0 Å². The molecule has 0 aliphatic heterocycles. The van der Waals surface area contributed by atoms with Crippen LogP contribution in [-0.4, -0.2) is 15.8 Å². The van der Waals surface area contributed by atoms with Gasteiger partial charge in [-0.2, -0.15) is 0 Å². The number of hydrogen-bond acceptors (Lipinski definition) is 2. The van der Waals surface area contributed by atoms with Crippen molar-refractivity contribution in [1.82, 2.24) is 0 Å². The Balaban J connectivity index is 0.000000220. The fraction of sp³-hybridized carbons (Fsp3) is 0.500. The Kier molecular flexibility index (Phi) is 6.01. The van der Waals surface area contributed by atoms with Gasteiger partial charge in [-0.05, 0) is 55.7 Å². The molecule has 2 atom stereocenters. The molecule has 1 aromatic carbocycles. The summed E-state index contributed by atoms with van der Waals surface area (Å²) in [5.41, 5.74) is 1.85. The Bertz CT molecular complexity index is 533. The smallest absolute Gasteiger partial charge is 0.115 e. The first kappa shape index (κ1) is 18.5. The Hall–Kier alpha value is -1.54. The monoisotopic (exact) mass is 302 g/mol. The number of hydrogen-bond donors (Lipinski definition) is 2. The SMILES string of the molecule is C=C(C)C1CC=CC(C)(O)C1.CC(C)(C)c1cccc(O)c1. The van der Waals surface area contributed by atoms with Crippen molar-refractivity contribution in [3.05, 3.63) is 54.1 Å². The van der Waals surface area contributed by atoms with E-state index in [4.69, 9.17) is 0 Å². The molecule has 0 amide bonds. The molecule has 1 aromatic rings. The van der Waals surface area contributed by atoms with Gasteiger partial charge in [-0.3, -0.25) is 0 Å². The van der Waals surface area contributed by atoms with Crippen LogP contribution in [0.15, 0.2) is 48.6 Å². The summed E-state index contributed by atoms with van der Waals surface area (Å²) < 4.78 is 0. The Morgan fingerprint density at radius 3 is 2.32 bits per heavy atom. The van der Waals surface area contributed by atoms with Gasteiger partial charge < -0.3 is 10.2 Å². The Morgan fingerprint density at radius 1 is 1.32 bits per heavy atom. The van der Waals surface area contributed by atoms with Crippen LogP contribution in [0, 0.1) is 5.92 Å². The van der Waals surface area contributed by atoms with Crippen LogP contribution in [0.2, 0.25) is 0 Å². The van der Waals surface area contributed by atoms with E-state index in [0.29, 0.717) is 11.7 Å². The molecule has 0 saturated carbocycles. The highest BCUT2D eigenvalue weighted by molar-refractivity contribution is 5.31. The maximum absolute atomic E-state index is 9.67. The summed E-state index contributed by atoms with van der Waals surface area (Å²) in [6, 6.07) is 7.39. The highest BCUT2D eigenvalue weighted by Gasteiger charge is 2.25. The van der Waals surface area contributed by atoms with Crippen molar-refractivity contribution >= 4 is 0 Å². The fourth-order valence-corrected chi connectivity index (χ4v) is 2.48. The van der Waals surface area contributed by atoms with Crippen LogP contribution in [0.5, 0.6) is 5.75 Å². The van der Waals surface area contributed by atoms with Gasteiger partial charge in [0.2, 0.25) is 0 Å². The lowest BCUT2D eigenvalue weighted by molar-refractivity contribution is 0.0814. The summed E-state index contributed by atoms with van der Waals surface area (Å²) in [5, 5.41) is 18.8. The molecule has 2 nitrogen and oxygen atoms in total. The Labute approximate surface area is 135 Å². The third kappa shape index (κ3) is 6.07. The number of phenols is 1. The second-order valence-electron chi connectivity index (χ2n) is 7.54. The van der Waals surface area contributed by atoms with Gasteiger partial charge in [-0.1, -0.05) is 57.2 Å². The van der Waals surface area contributed by atoms with Crippen LogP contribution in [0.3, 0.4) is 0 Å². The van der Waals surface area contributed by atoms with E-state index in [1.807, 2.05) is 38.1 Å². The minimum absolute atomic E-state index is 0.124. The molecule has 22 heavy (non-hydrogen) atoms. The number of aromatic hydroxyl groups is 1. The third-order valence-corrected chi connectivity index (χ3v) is 3.97. The van der Waals surface area contributed by atoms with Crippen molar-refractivity contribution in [2.45, 2.75) is 58.5 Å². The summed E-state index contributed by atoms with van der Waals surface area (Å²) in [5.74, 6) is 0.812. The molecule has 0 radical (unpaired) electrons. The molecule has 0 aromatic heterocycles. The molecule has 2 unspecified atom stereocenters. The van der Waals surface area contributed by atoms with Crippen LogP contribution in [0.25, 0.3) is 0 Å². The predicted molar refractivity (Wildman–Crippen MR) is 94.1 cm³/mol. The zero-order valence-corrected chi connectivity index (χ0v) is 14.6. The number of benzene rings is 1. The first-order chi connectivity index (χ1) is 10.0. The van der Waals surface area contributed by atoms with Crippen molar-refractivity contribution in [1.29, 1.82) is 0 Å². The minimum atomic E-state index is -0.609. The molecule has 0 heterocycles. The average molecular weight is 302 g/mol. The van der Waals surface area contributed by atoms with Gasteiger partial charge in [0.25, 0.3) is 0 Å². The van der Waals surface area contributed by atoms with Crippen molar-refractivity contribution in [3.8, 4) is 5.75 Å². The molecule has 1 aliphatic carbocycles. The summed E-state index contributed by atoms with van der Waals surface area (Å²) in [4.78, 5) is 0. The predicted octanol–water partition coefficient (Wildman–Crippen LogP) is 4.97. The fourth-order valence-electron chi connectivity index (χ4n) is 2.48. The van der Waals surface area contributed by atoms with Gasteiger partial charge in [0, 0.05) is 0 Å². The van der Waals surface area contributed by atoms with E-state index in [1.54, 1.807) is 12.1 Å². The first-order valence-electron chi connectivity index (χ1n) is 7.86. The lowest BCUT2D eigenvalue weighted by Crippen LogP contribution is -2.28. The molecule has 0 saturated heterocycles. The molecular weight excluding hydrogens is 272 g/mol. The standard InChI is InChI=1S/C10H14O.C10H16O/c1-10(2,3)8-5-4-6-9(11)7-8;1-8(2)9-5-4-6-10(3,11)7-9/h4-7,11H,1-3H3;4,6,9,11H,1,5,7H2,2-3H3. The van der Waals surface area contributed by atoms with Crippen LogP contribution in [-0.2, 0) is 5.41 Å². The van der Waals surface area contributed by atoms with Gasteiger partial charge in [0.1, 0.15) is 5.75 Å². The molecule has 2 heteroatoms. The van der Waals surface area contributed by atoms with Gasteiger partial charge in [-0.15, -0.1) is 0 Å². The number of aliphatic hydroxyl groups is 1. The van der Waals surface area contributed by atoms with E-state index in [0.717, 1.165) is 18.4 Å². The molecular formula is C20H30O2. The summed E-state index contributed by atoms with van der Waals surface area (Å²) in [6.07, 6.45) is 5.78. The number of phenolic OH excluding ortho intramolecular Hbond substituents is 1. The largest absolute Gasteiger partial charge is 0.508 e. The van der Waals surface area contributed by atoms with Crippen molar-refractivity contribution < 1.29 is 10.2 Å². The zero-order valence-electron chi connectivity index (χ0n) is 14.6. The summed E-state index contributed by atoms with van der Waals surface area (Å²) in [6.45, 7) is 14.2. The van der Waals surface area contributed by atoms with Crippen LogP contribution >= 0.6 is 0 Å². The highest BCUT2D eigenvalue weighted by Crippen LogP contribution is 2.30. The van der Waals surface area contributed by atoms with E-state index in [-0.39, 0.29) is 5.41 Å². The topological polar surface area (TPSA) is 40.5 Å². The number of rotatable bonds is 1. The van der Waals surface area contributed by atoms with Crippen LogP contribution < -0.4 is 0 Å². The van der Waals surface area contributed by atoms with E-state index >= 15 is 0 Å². The average Bonchev–Trinajstić information content (AvgIpc) is 2.37. The van der Waals surface area contributed by atoms with Crippen molar-refractivity contribution in [3.63, 3.8) is 0 Å². The van der Waals surface area contributed by atoms with E-state index < -0.39 is 5.60 Å². The molecule has 0 fully saturated rings. The lowest BCUT2D eigenvalue weighted by atomic mass is 9.81. The highest BCUT2D eigenvalue weighted by atomic mass is 16.3. The van der Waals surface area contributed by atoms with Gasteiger partial charge in [0.05, 0.1) is 5.60 Å². The molecule has 122 valence electrons.